The van der Waals surface area contributed by atoms with E-state index >= 15 is 0 Å². The lowest BCUT2D eigenvalue weighted by Gasteiger charge is -2.12. The molecule has 0 amide bonds. The lowest BCUT2D eigenvalue weighted by Crippen LogP contribution is -2.38. The van der Waals surface area contributed by atoms with Gasteiger partial charge in [-0.15, -0.1) is 0 Å². The van der Waals surface area contributed by atoms with Crippen molar-refractivity contribution in [1.82, 2.24) is 4.72 Å². The van der Waals surface area contributed by atoms with Gasteiger partial charge < -0.3 is 5.73 Å². The Labute approximate surface area is 103 Å². The highest BCUT2D eigenvalue weighted by Crippen LogP contribution is 2.20. The molecule has 0 aliphatic carbocycles. The van der Waals surface area contributed by atoms with Gasteiger partial charge >= 0.3 is 0 Å². The van der Waals surface area contributed by atoms with Crippen LogP contribution < -0.4 is 10.5 Å². The van der Waals surface area contributed by atoms with Crippen LogP contribution in [0, 0.1) is 15.9 Å². The second-order valence-electron chi connectivity index (χ2n) is 3.63. The lowest BCUT2D eigenvalue weighted by atomic mass is 10.3. The summed E-state index contributed by atoms with van der Waals surface area (Å²) in [6.07, 6.45) is 0. The van der Waals surface area contributed by atoms with E-state index in [4.69, 9.17) is 5.73 Å². The van der Waals surface area contributed by atoms with Gasteiger partial charge in [0.1, 0.15) is 10.7 Å². The molecular weight excluding hydrogens is 265 g/mol. The Morgan fingerprint density at radius 2 is 2.17 bits per heavy atom. The molecule has 0 bridgehead atoms. The molecule has 100 valence electrons. The minimum absolute atomic E-state index is 0.0494. The zero-order chi connectivity index (χ0) is 13.9. The molecular formula is C9H12FN3O4S. The van der Waals surface area contributed by atoms with Gasteiger partial charge in [-0.05, 0) is 13.0 Å². The number of rotatable bonds is 5. The van der Waals surface area contributed by atoms with E-state index in [2.05, 4.69) is 4.72 Å². The second-order valence-corrected chi connectivity index (χ2v) is 5.31. The van der Waals surface area contributed by atoms with E-state index in [1.54, 1.807) is 0 Å². The van der Waals surface area contributed by atoms with Crippen LogP contribution in [-0.2, 0) is 10.0 Å². The van der Waals surface area contributed by atoms with Crippen LogP contribution in [0.1, 0.15) is 6.92 Å². The normalized spacial score (nSPS) is 13.3. The monoisotopic (exact) mass is 277 g/mol. The topological polar surface area (TPSA) is 115 Å². The predicted molar refractivity (Wildman–Crippen MR) is 61.9 cm³/mol. The first-order chi connectivity index (χ1) is 8.27. The number of benzene rings is 1. The number of hydrogen-bond donors (Lipinski definition) is 2. The highest BCUT2D eigenvalue weighted by atomic mass is 32.2. The van der Waals surface area contributed by atoms with Crippen molar-refractivity contribution in [1.29, 1.82) is 0 Å². The van der Waals surface area contributed by atoms with Gasteiger partial charge in [0.25, 0.3) is 5.69 Å². The fourth-order valence-electron chi connectivity index (χ4n) is 1.20. The van der Waals surface area contributed by atoms with Crippen LogP contribution in [0.4, 0.5) is 10.1 Å². The van der Waals surface area contributed by atoms with Gasteiger partial charge in [0, 0.05) is 18.7 Å². The predicted octanol–water partition coefficient (Wildman–Crippen LogP) is 0.359. The maximum Gasteiger partial charge on any atom is 0.272 e. The number of nitro benzene ring substituents is 1. The third-order valence-corrected chi connectivity index (χ3v) is 3.75. The van der Waals surface area contributed by atoms with Crippen molar-refractivity contribution >= 4 is 15.7 Å². The summed E-state index contributed by atoms with van der Waals surface area (Å²) in [5.74, 6) is -1.18. The Morgan fingerprint density at radius 3 is 2.61 bits per heavy atom. The first-order valence-electron chi connectivity index (χ1n) is 4.94. The first kappa shape index (κ1) is 14.5. The Morgan fingerprint density at radius 1 is 1.56 bits per heavy atom. The SMILES string of the molecule is CC(CN)NS(=O)(=O)c1ccc([N+](=O)[O-])cc1F. The molecule has 0 aliphatic heterocycles. The number of halogens is 1. The summed E-state index contributed by atoms with van der Waals surface area (Å²) >= 11 is 0. The van der Waals surface area contributed by atoms with E-state index in [0.29, 0.717) is 6.07 Å². The fraction of sp³-hybridized carbons (Fsp3) is 0.333. The number of nitrogens with zero attached hydrogens (tertiary/aromatic N) is 1. The van der Waals surface area contributed by atoms with Crippen molar-refractivity contribution < 1.29 is 17.7 Å². The highest BCUT2D eigenvalue weighted by Gasteiger charge is 2.22. The van der Waals surface area contributed by atoms with Crippen LogP contribution >= 0.6 is 0 Å². The van der Waals surface area contributed by atoms with E-state index in [0.717, 1.165) is 12.1 Å². The van der Waals surface area contributed by atoms with Crippen molar-refractivity contribution in [3.05, 3.63) is 34.1 Å². The molecule has 0 saturated heterocycles. The number of non-ortho nitro benzene ring substituents is 1. The summed E-state index contributed by atoms with van der Waals surface area (Å²) in [5.41, 5.74) is 4.73. The molecule has 0 fully saturated rings. The average Bonchev–Trinajstić information content (AvgIpc) is 2.27. The van der Waals surface area contributed by atoms with Crippen LogP contribution in [-0.4, -0.2) is 25.9 Å². The van der Waals surface area contributed by atoms with Crippen molar-refractivity contribution in [2.45, 2.75) is 17.9 Å². The molecule has 3 N–H and O–H groups in total. The zero-order valence-corrected chi connectivity index (χ0v) is 10.3. The summed E-state index contributed by atoms with van der Waals surface area (Å²) in [6, 6.07) is 1.76. The summed E-state index contributed by atoms with van der Waals surface area (Å²) in [7, 11) is -4.07. The molecule has 0 saturated carbocycles. The number of hydrogen-bond acceptors (Lipinski definition) is 5. The second kappa shape index (κ2) is 5.38. The quantitative estimate of drug-likeness (QED) is 0.595. The summed E-state index contributed by atoms with van der Waals surface area (Å²) < 4.78 is 39.1. The van der Waals surface area contributed by atoms with Crippen molar-refractivity contribution in [3.63, 3.8) is 0 Å². The smallest absolute Gasteiger partial charge is 0.272 e. The van der Waals surface area contributed by atoms with Gasteiger partial charge in [-0.25, -0.2) is 17.5 Å². The molecule has 1 rings (SSSR count). The minimum atomic E-state index is -4.07. The Balaban J connectivity index is 3.14. The Bertz CT molecular complexity index is 561. The van der Waals surface area contributed by atoms with Gasteiger partial charge in [-0.2, -0.15) is 0 Å². The molecule has 0 aromatic heterocycles. The van der Waals surface area contributed by atoms with E-state index in [-0.39, 0.29) is 6.54 Å². The van der Waals surface area contributed by atoms with Gasteiger partial charge in [0.15, 0.2) is 0 Å². The molecule has 1 aromatic carbocycles. The number of nitro groups is 1. The van der Waals surface area contributed by atoms with Crippen molar-refractivity contribution in [3.8, 4) is 0 Å². The molecule has 0 heterocycles. The zero-order valence-electron chi connectivity index (χ0n) is 9.46. The fourth-order valence-corrected chi connectivity index (χ4v) is 2.51. The van der Waals surface area contributed by atoms with Crippen LogP contribution in [0.3, 0.4) is 0 Å². The molecule has 18 heavy (non-hydrogen) atoms. The van der Waals surface area contributed by atoms with E-state index in [1.807, 2.05) is 0 Å². The molecule has 1 unspecified atom stereocenters. The molecule has 1 atom stereocenters. The Kier molecular flexibility index (Phi) is 4.33. The number of nitrogens with one attached hydrogen (secondary N) is 1. The van der Waals surface area contributed by atoms with Crippen LogP contribution in [0.5, 0.6) is 0 Å². The molecule has 0 radical (unpaired) electrons. The standard InChI is InChI=1S/C9H12FN3O4S/c1-6(5-11)12-18(16,17)9-3-2-7(13(14)15)4-8(9)10/h2-4,6,12H,5,11H2,1H3. The first-order valence-corrected chi connectivity index (χ1v) is 6.42. The number of sulfonamides is 1. The van der Waals surface area contributed by atoms with Crippen molar-refractivity contribution in [2.24, 2.45) is 5.73 Å². The average molecular weight is 277 g/mol. The van der Waals surface area contributed by atoms with Gasteiger partial charge in [0.2, 0.25) is 10.0 Å². The molecule has 0 spiro atoms. The van der Waals surface area contributed by atoms with Gasteiger partial charge in [-0.3, -0.25) is 10.1 Å². The highest BCUT2D eigenvalue weighted by molar-refractivity contribution is 7.89. The van der Waals surface area contributed by atoms with Crippen LogP contribution in [0.25, 0.3) is 0 Å². The number of nitrogens with two attached hydrogens (primary N) is 1. The third-order valence-electron chi connectivity index (χ3n) is 2.13. The van der Waals surface area contributed by atoms with Crippen molar-refractivity contribution in [2.75, 3.05) is 6.54 Å². The van der Waals surface area contributed by atoms with Gasteiger partial charge in [-0.1, -0.05) is 0 Å². The molecule has 1 aromatic rings. The minimum Gasteiger partial charge on any atom is -0.329 e. The van der Waals surface area contributed by atoms with Crippen LogP contribution in [0.15, 0.2) is 23.1 Å². The maximum absolute atomic E-state index is 13.5. The summed E-state index contributed by atoms with van der Waals surface area (Å²) in [6.45, 7) is 1.56. The molecule has 0 aliphatic rings. The molecule has 9 heteroatoms. The van der Waals surface area contributed by atoms with Crippen LogP contribution in [0.2, 0.25) is 0 Å². The summed E-state index contributed by atoms with van der Waals surface area (Å²) in [4.78, 5) is 8.94. The third kappa shape index (κ3) is 3.22. The lowest BCUT2D eigenvalue weighted by molar-refractivity contribution is -0.385. The van der Waals surface area contributed by atoms with E-state index in [1.165, 1.54) is 6.92 Å². The van der Waals surface area contributed by atoms with E-state index in [9.17, 15) is 22.9 Å². The summed E-state index contributed by atoms with van der Waals surface area (Å²) in [5, 5.41) is 10.4. The van der Waals surface area contributed by atoms with E-state index < -0.39 is 37.4 Å². The Hall–Kier alpha value is -1.58. The molecule has 7 nitrogen and oxygen atoms in total. The largest absolute Gasteiger partial charge is 0.329 e. The maximum atomic E-state index is 13.5. The van der Waals surface area contributed by atoms with Gasteiger partial charge in [0.05, 0.1) is 11.0 Å².